The van der Waals surface area contributed by atoms with E-state index < -0.39 is 0 Å². The summed E-state index contributed by atoms with van der Waals surface area (Å²) in [7, 11) is 0. The maximum absolute atomic E-state index is 10.4. The Labute approximate surface area is 162 Å². The monoisotopic (exact) mass is 380 g/mol. The number of nitrogens with one attached hydrogen (secondary N) is 1. The second-order valence-corrected chi connectivity index (χ2v) is 6.10. The van der Waals surface area contributed by atoms with Gasteiger partial charge in [0.25, 0.3) is 0 Å². The SMILES string of the molecule is C=CCc1cccc(C=Nn2c(-c3cccc(OCC)c3)n[nH]c2=S)c1O. The summed E-state index contributed by atoms with van der Waals surface area (Å²) in [5, 5.41) is 21.8. The van der Waals surface area contributed by atoms with Gasteiger partial charge in [0.15, 0.2) is 5.82 Å². The summed E-state index contributed by atoms with van der Waals surface area (Å²) in [6.07, 6.45) is 3.88. The van der Waals surface area contributed by atoms with Crippen LogP contribution in [0.25, 0.3) is 11.4 Å². The topological polar surface area (TPSA) is 75.4 Å². The Hall–Kier alpha value is -3.19. The zero-order valence-electron chi connectivity index (χ0n) is 14.9. The van der Waals surface area contributed by atoms with Crippen molar-refractivity contribution in [3.8, 4) is 22.9 Å². The first kappa shape index (κ1) is 18.6. The van der Waals surface area contributed by atoms with Gasteiger partial charge in [-0.25, -0.2) is 5.10 Å². The second kappa shape index (κ2) is 8.46. The molecule has 0 aliphatic carbocycles. The number of hydrogen-bond donors (Lipinski definition) is 2. The largest absolute Gasteiger partial charge is 0.507 e. The van der Waals surface area contributed by atoms with Gasteiger partial charge < -0.3 is 9.84 Å². The first-order valence-electron chi connectivity index (χ1n) is 8.50. The number of H-pyrrole nitrogens is 1. The smallest absolute Gasteiger partial charge is 0.216 e. The molecular formula is C20H20N4O2S. The molecule has 3 aromatic rings. The van der Waals surface area contributed by atoms with Crippen LogP contribution in [0.5, 0.6) is 11.5 Å². The zero-order chi connectivity index (χ0) is 19.2. The van der Waals surface area contributed by atoms with Gasteiger partial charge in [0.05, 0.1) is 12.8 Å². The number of rotatable bonds is 7. The Bertz CT molecular complexity index is 1040. The molecule has 3 rings (SSSR count). The summed E-state index contributed by atoms with van der Waals surface area (Å²) in [6.45, 7) is 6.21. The highest BCUT2D eigenvalue weighted by Gasteiger charge is 2.10. The molecule has 0 fully saturated rings. The molecule has 0 radical (unpaired) electrons. The summed E-state index contributed by atoms with van der Waals surface area (Å²) in [5.41, 5.74) is 2.19. The van der Waals surface area contributed by atoms with Crippen molar-refractivity contribution in [2.75, 3.05) is 6.61 Å². The Morgan fingerprint density at radius 3 is 2.93 bits per heavy atom. The minimum absolute atomic E-state index is 0.177. The molecule has 0 amide bonds. The van der Waals surface area contributed by atoms with Crippen LogP contribution >= 0.6 is 12.2 Å². The van der Waals surface area contributed by atoms with E-state index in [4.69, 9.17) is 17.0 Å². The van der Waals surface area contributed by atoms with Crippen molar-refractivity contribution in [3.63, 3.8) is 0 Å². The molecule has 0 spiro atoms. The third kappa shape index (κ3) is 4.15. The fourth-order valence-corrected chi connectivity index (χ4v) is 2.81. The van der Waals surface area contributed by atoms with Crippen molar-refractivity contribution in [1.82, 2.24) is 14.9 Å². The number of nitrogens with zero attached hydrogens (tertiary/aromatic N) is 3. The van der Waals surface area contributed by atoms with E-state index in [-0.39, 0.29) is 5.75 Å². The van der Waals surface area contributed by atoms with E-state index in [9.17, 15) is 5.11 Å². The maximum atomic E-state index is 10.4. The predicted octanol–water partition coefficient (Wildman–Crippen LogP) is 4.32. The van der Waals surface area contributed by atoms with Crippen molar-refractivity contribution in [1.29, 1.82) is 0 Å². The molecule has 0 saturated carbocycles. The number of aromatic amines is 1. The molecule has 0 saturated heterocycles. The van der Waals surface area contributed by atoms with Gasteiger partial charge in [-0.3, -0.25) is 0 Å². The molecule has 0 atom stereocenters. The third-order valence-corrected chi connectivity index (χ3v) is 4.15. The number of aromatic hydroxyl groups is 1. The van der Waals surface area contributed by atoms with Crippen LogP contribution < -0.4 is 4.74 Å². The van der Waals surface area contributed by atoms with E-state index in [1.165, 1.54) is 4.68 Å². The maximum Gasteiger partial charge on any atom is 0.216 e. The standard InChI is InChI=1S/C20H20N4O2S/c1-3-7-14-8-5-10-16(18(14)25)13-21-24-19(22-23-20(24)27)15-9-6-11-17(12-15)26-4-2/h3,5-6,8-13,25H,1,4,7H2,2H3,(H,23,27). The van der Waals surface area contributed by atoms with Crippen LogP contribution in [0.15, 0.2) is 60.2 Å². The van der Waals surface area contributed by atoms with Gasteiger partial charge in [-0.1, -0.05) is 30.3 Å². The minimum atomic E-state index is 0.177. The predicted molar refractivity (Wildman–Crippen MR) is 109 cm³/mol. The number of phenolic OH excluding ortho intramolecular Hbond substituents is 1. The van der Waals surface area contributed by atoms with E-state index in [0.29, 0.717) is 29.2 Å². The normalized spacial score (nSPS) is 11.0. The number of para-hydroxylation sites is 1. The molecule has 1 aromatic heterocycles. The van der Waals surface area contributed by atoms with Gasteiger partial charge in [-0.2, -0.15) is 14.9 Å². The highest BCUT2D eigenvalue weighted by Crippen LogP contribution is 2.24. The van der Waals surface area contributed by atoms with Crippen molar-refractivity contribution in [3.05, 3.63) is 71.0 Å². The van der Waals surface area contributed by atoms with Crippen molar-refractivity contribution in [2.24, 2.45) is 5.10 Å². The van der Waals surface area contributed by atoms with Crippen LogP contribution in [0.4, 0.5) is 0 Å². The fourth-order valence-electron chi connectivity index (χ4n) is 2.63. The molecule has 6 nitrogen and oxygen atoms in total. The van der Waals surface area contributed by atoms with Crippen LogP contribution in [0, 0.1) is 4.77 Å². The molecule has 0 aliphatic rings. The first-order valence-corrected chi connectivity index (χ1v) is 8.91. The molecule has 2 aromatic carbocycles. The number of phenols is 1. The van der Waals surface area contributed by atoms with Gasteiger partial charge >= 0.3 is 0 Å². The Morgan fingerprint density at radius 2 is 2.15 bits per heavy atom. The van der Waals surface area contributed by atoms with E-state index in [1.54, 1.807) is 18.4 Å². The van der Waals surface area contributed by atoms with Gasteiger partial charge in [0.1, 0.15) is 11.5 Å². The third-order valence-electron chi connectivity index (χ3n) is 3.88. The number of aromatic nitrogens is 3. The van der Waals surface area contributed by atoms with Crippen molar-refractivity contribution >= 4 is 18.4 Å². The Balaban J connectivity index is 1.98. The van der Waals surface area contributed by atoms with Crippen molar-refractivity contribution in [2.45, 2.75) is 13.3 Å². The van der Waals surface area contributed by atoms with E-state index >= 15 is 0 Å². The highest BCUT2D eigenvalue weighted by molar-refractivity contribution is 7.71. The van der Waals surface area contributed by atoms with E-state index in [1.807, 2.05) is 43.3 Å². The molecule has 0 bridgehead atoms. The van der Waals surface area contributed by atoms with Crippen LogP contribution in [-0.2, 0) is 6.42 Å². The Kier molecular flexibility index (Phi) is 5.83. The number of allylic oxidation sites excluding steroid dienone is 1. The first-order chi connectivity index (χ1) is 13.1. The van der Waals surface area contributed by atoms with E-state index in [0.717, 1.165) is 16.9 Å². The van der Waals surface area contributed by atoms with Crippen LogP contribution in [-0.4, -0.2) is 32.8 Å². The average Bonchev–Trinajstić information content (AvgIpc) is 3.04. The van der Waals surface area contributed by atoms with Gasteiger partial charge in [-0.15, -0.1) is 6.58 Å². The average molecular weight is 380 g/mol. The van der Waals surface area contributed by atoms with E-state index in [2.05, 4.69) is 21.9 Å². The summed E-state index contributed by atoms with van der Waals surface area (Å²) < 4.78 is 7.41. The lowest BCUT2D eigenvalue weighted by Gasteiger charge is -2.06. The fraction of sp³-hybridized carbons (Fsp3) is 0.150. The summed E-state index contributed by atoms with van der Waals surface area (Å²) >= 11 is 5.30. The lowest BCUT2D eigenvalue weighted by Crippen LogP contribution is -1.97. The Morgan fingerprint density at radius 1 is 1.33 bits per heavy atom. The molecule has 27 heavy (non-hydrogen) atoms. The molecule has 1 heterocycles. The number of ether oxygens (including phenoxy) is 1. The number of benzene rings is 2. The van der Waals surface area contributed by atoms with Gasteiger partial charge in [0.2, 0.25) is 4.77 Å². The van der Waals surface area contributed by atoms with Gasteiger partial charge in [-0.05, 0) is 49.3 Å². The second-order valence-electron chi connectivity index (χ2n) is 5.72. The number of hydrogen-bond acceptors (Lipinski definition) is 5. The molecule has 0 unspecified atom stereocenters. The molecule has 138 valence electrons. The van der Waals surface area contributed by atoms with Crippen LogP contribution in [0.2, 0.25) is 0 Å². The van der Waals surface area contributed by atoms with Crippen LogP contribution in [0.3, 0.4) is 0 Å². The molecule has 0 aliphatic heterocycles. The van der Waals surface area contributed by atoms with Crippen molar-refractivity contribution < 1.29 is 9.84 Å². The quantitative estimate of drug-likeness (QED) is 0.364. The lowest BCUT2D eigenvalue weighted by molar-refractivity contribution is 0.340. The minimum Gasteiger partial charge on any atom is -0.507 e. The lowest BCUT2D eigenvalue weighted by atomic mass is 10.1. The summed E-state index contributed by atoms with van der Waals surface area (Å²) in [5.74, 6) is 1.48. The summed E-state index contributed by atoms with van der Waals surface area (Å²) in [4.78, 5) is 0. The highest BCUT2D eigenvalue weighted by atomic mass is 32.1. The summed E-state index contributed by atoms with van der Waals surface area (Å²) in [6, 6.07) is 13.0. The molecule has 7 heteroatoms. The van der Waals surface area contributed by atoms with Gasteiger partial charge in [0, 0.05) is 11.1 Å². The molecular weight excluding hydrogens is 360 g/mol. The van der Waals surface area contributed by atoms with Crippen LogP contribution in [0.1, 0.15) is 18.1 Å². The zero-order valence-corrected chi connectivity index (χ0v) is 15.7. The molecule has 2 N–H and O–H groups in total.